The second-order valence-electron chi connectivity index (χ2n) is 6.23. The highest BCUT2D eigenvalue weighted by Crippen LogP contribution is 2.16. The van der Waals surface area contributed by atoms with Gasteiger partial charge in [0.05, 0.1) is 6.54 Å². The highest BCUT2D eigenvalue weighted by atomic mass is 15.7. The lowest BCUT2D eigenvalue weighted by Gasteiger charge is -2.39. The van der Waals surface area contributed by atoms with Gasteiger partial charge in [0.15, 0.2) is 6.17 Å². The average molecular weight is 329 g/mol. The van der Waals surface area contributed by atoms with Gasteiger partial charge in [-0.2, -0.15) is 0 Å². The normalized spacial score (nSPS) is 18.8. The molecule has 0 bridgehead atoms. The standard InChI is InChI=1S/C17H27N7/c1-12(2)22-17(19)23(13(3)4)24-15(11-21-16(24)18)20-10-14-8-6-5-7-9-14/h5-10,12-13,15H,11H2,1-4H3,(H2,18,21)(H2,19,22). The molecule has 1 atom stereocenters. The lowest BCUT2D eigenvalue weighted by atomic mass is 10.2. The Balaban J connectivity index is 2.26. The van der Waals surface area contributed by atoms with Gasteiger partial charge in [-0.1, -0.05) is 30.3 Å². The van der Waals surface area contributed by atoms with Crippen molar-refractivity contribution in [2.75, 3.05) is 6.54 Å². The molecule has 0 saturated carbocycles. The highest BCUT2D eigenvalue weighted by molar-refractivity contribution is 5.86. The Bertz CT molecular complexity index is 619. The van der Waals surface area contributed by atoms with Gasteiger partial charge in [0, 0.05) is 18.3 Å². The first-order valence-electron chi connectivity index (χ1n) is 8.20. The van der Waals surface area contributed by atoms with E-state index >= 15 is 0 Å². The van der Waals surface area contributed by atoms with Crippen molar-refractivity contribution in [2.45, 2.75) is 45.9 Å². The van der Waals surface area contributed by atoms with E-state index in [0.717, 1.165) is 5.56 Å². The van der Waals surface area contributed by atoms with Crippen LogP contribution in [-0.2, 0) is 0 Å². The van der Waals surface area contributed by atoms with E-state index in [9.17, 15) is 0 Å². The molecule has 24 heavy (non-hydrogen) atoms. The summed E-state index contributed by atoms with van der Waals surface area (Å²) in [4.78, 5) is 13.4. The SMILES string of the molecule is CC(C)N=C(N)N(C(C)C)N1C(N)=NCC1N=Cc1ccccc1. The summed E-state index contributed by atoms with van der Waals surface area (Å²) in [6, 6.07) is 10.1. The predicted molar refractivity (Wildman–Crippen MR) is 99.9 cm³/mol. The van der Waals surface area contributed by atoms with Crippen molar-refractivity contribution >= 4 is 18.1 Å². The largest absolute Gasteiger partial charge is 0.368 e. The van der Waals surface area contributed by atoms with Crippen molar-refractivity contribution in [1.82, 2.24) is 10.0 Å². The zero-order valence-electron chi connectivity index (χ0n) is 14.8. The van der Waals surface area contributed by atoms with Crippen LogP contribution in [0, 0.1) is 0 Å². The monoisotopic (exact) mass is 329 g/mol. The lowest BCUT2D eigenvalue weighted by molar-refractivity contribution is 0.0676. The molecule has 4 N–H and O–H groups in total. The first-order chi connectivity index (χ1) is 11.4. The summed E-state index contributed by atoms with van der Waals surface area (Å²) in [7, 11) is 0. The number of hydrogen-bond donors (Lipinski definition) is 2. The van der Waals surface area contributed by atoms with E-state index in [-0.39, 0.29) is 18.2 Å². The molecular formula is C17H27N7. The Hall–Kier alpha value is -2.57. The molecule has 0 aliphatic carbocycles. The Morgan fingerprint density at radius 2 is 1.96 bits per heavy atom. The summed E-state index contributed by atoms with van der Waals surface area (Å²) in [5.74, 6) is 0.820. The molecule has 7 nitrogen and oxygen atoms in total. The van der Waals surface area contributed by atoms with Crippen molar-refractivity contribution in [3.63, 3.8) is 0 Å². The van der Waals surface area contributed by atoms with E-state index in [1.54, 1.807) is 0 Å². The van der Waals surface area contributed by atoms with Crippen molar-refractivity contribution in [3.05, 3.63) is 35.9 Å². The van der Waals surface area contributed by atoms with Crippen LogP contribution < -0.4 is 11.5 Å². The minimum atomic E-state index is -0.228. The van der Waals surface area contributed by atoms with Gasteiger partial charge >= 0.3 is 0 Å². The lowest BCUT2D eigenvalue weighted by Crippen LogP contribution is -2.59. The molecule has 1 aliphatic heterocycles. The first-order valence-corrected chi connectivity index (χ1v) is 8.20. The first kappa shape index (κ1) is 17.8. The maximum Gasteiger partial charge on any atom is 0.212 e. The second-order valence-corrected chi connectivity index (χ2v) is 6.23. The van der Waals surface area contributed by atoms with Crippen LogP contribution in [0.3, 0.4) is 0 Å². The second kappa shape index (κ2) is 7.81. The number of hydrazine groups is 1. The summed E-state index contributed by atoms with van der Waals surface area (Å²) in [5.41, 5.74) is 13.3. The molecule has 0 amide bonds. The zero-order chi connectivity index (χ0) is 17.7. The molecule has 1 heterocycles. The third kappa shape index (κ3) is 4.24. The molecular weight excluding hydrogens is 302 g/mol. The Kier molecular flexibility index (Phi) is 5.78. The van der Waals surface area contributed by atoms with E-state index in [0.29, 0.717) is 18.5 Å². The minimum Gasteiger partial charge on any atom is -0.368 e. The number of nitrogens with zero attached hydrogens (tertiary/aromatic N) is 5. The van der Waals surface area contributed by atoms with Gasteiger partial charge in [0.25, 0.3) is 0 Å². The summed E-state index contributed by atoms with van der Waals surface area (Å²) in [5, 5.41) is 3.68. The zero-order valence-corrected chi connectivity index (χ0v) is 14.8. The molecule has 130 valence electrons. The van der Waals surface area contributed by atoms with Crippen LogP contribution in [0.25, 0.3) is 0 Å². The number of benzene rings is 1. The number of aliphatic imine (C=N–C) groups is 3. The molecule has 0 saturated heterocycles. The van der Waals surface area contributed by atoms with Gasteiger partial charge in [-0.15, -0.1) is 0 Å². The Morgan fingerprint density at radius 3 is 2.54 bits per heavy atom. The maximum absolute atomic E-state index is 6.20. The van der Waals surface area contributed by atoms with E-state index < -0.39 is 0 Å². The topological polar surface area (TPSA) is 95.6 Å². The van der Waals surface area contributed by atoms with E-state index in [1.165, 1.54) is 0 Å². The molecule has 0 spiro atoms. The fourth-order valence-electron chi connectivity index (χ4n) is 2.50. The molecule has 0 fully saturated rings. The van der Waals surface area contributed by atoms with Crippen LogP contribution >= 0.6 is 0 Å². The molecule has 0 radical (unpaired) electrons. The number of rotatable bonds is 5. The van der Waals surface area contributed by atoms with Crippen LogP contribution in [0.5, 0.6) is 0 Å². The molecule has 0 aromatic heterocycles. The third-order valence-corrected chi connectivity index (χ3v) is 3.48. The van der Waals surface area contributed by atoms with Crippen LogP contribution in [0.15, 0.2) is 45.3 Å². The summed E-state index contributed by atoms with van der Waals surface area (Å²) < 4.78 is 0. The molecule has 1 aromatic rings. The Labute approximate surface area is 143 Å². The van der Waals surface area contributed by atoms with Gasteiger partial charge in [-0.05, 0) is 33.3 Å². The fourth-order valence-corrected chi connectivity index (χ4v) is 2.50. The van der Waals surface area contributed by atoms with Gasteiger partial charge in [0.1, 0.15) is 0 Å². The fraction of sp³-hybridized carbons (Fsp3) is 0.471. The van der Waals surface area contributed by atoms with Crippen LogP contribution in [-0.4, -0.2) is 52.9 Å². The number of hydrogen-bond acceptors (Lipinski definition) is 5. The summed E-state index contributed by atoms with van der Waals surface area (Å²) >= 11 is 0. The molecule has 1 unspecified atom stereocenters. The molecule has 1 aliphatic rings. The van der Waals surface area contributed by atoms with Gasteiger partial charge in [-0.3, -0.25) is 4.99 Å². The van der Waals surface area contributed by atoms with Crippen LogP contribution in [0.4, 0.5) is 0 Å². The smallest absolute Gasteiger partial charge is 0.212 e. The van der Waals surface area contributed by atoms with Crippen LogP contribution in [0.1, 0.15) is 33.3 Å². The van der Waals surface area contributed by atoms with E-state index in [2.05, 4.69) is 15.0 Å². The molecule has 7 heteroatoms. The predicted octanol–water partition coefficient (Wildman–Crippen LogP) is 1.41. The molecule has 1 aromatic carbocycles. The van der Waals surface area contributed by atoms with Crippen molar-refractivity contribution in [1.29, 1.82) is 0 Å². The quantitative estimate of drug-likeness (QED) is 0.630. The van der Waals surface area contributed by atoms with Crippen molar-refractivity contribution < 1.29 is 0 Å². The number of guanidine groups is 2. The minimum absolute atomic E-state index is 0.0776. The van der Waals surface area contributed by atoms with E-state index in [4.69, 9.17) is 11.5 Å². The Morgan fingerprint density at radius 1 is 1.29 bits per heavy atom. The van der Waals surface area contributed by atoms with E-state index in [1.807, 2.05) is 74.3 Å². The molecule has 2 rings (SSSR count). The third-order valence-electron chi connectivity index (χ3n) is 3.48. The van der Waals surface area contributed by atoms with Crippen molar-refractivity contribution in [3.8, 4) is 0 Å². The van der Waals surface area contributed by atoms with Gasteiger partial charge < -0.3 is 11.5 Å². The van der Waals surface area contributed by atoms with Gasteiger partial charge in [0.2, 0.25) is 11.9 Å². The van der Waals surface area contributed by atoms with Gasteiger partial charge in [-0.25, -0.2) is 20.0 Å². The summed E-state index contributed by atoms with van der Waals surface area (Å²) in [6.45, 7) is 8.53. The highest BCUT2D eigenvalue weighted by Gasteiger charge is 2.33. The summed E-state index contributed by atoms with van der Waals surface area (Å²) in [6.07, 6.45) is 1.61. The average Bonchev–Trinajstić information content (AvgIpc) is 2.87. The maximum atomic E-state index is 6.20. The van der Waals surface area contributed by atoms with Crippen molar-refractivity contribution in [2.24, 2.45) is 26.4 Å². The number of nitrogens with two attached hydrogens (primary N) is 2. The van der Waals surface area contributed by atoms with Crippen LogP contribution in [0.2, 0.25) is 0 Å².